The molecule has 1 fully saturated rings. The van der Waals surface area contributed by atoms with Gasteiger partial charge in [0.15, 0.2) is 0 Å². The predicted molar refractivity (Wildman–Crippen MR) is 128 cm³/mol. The van der Waals surface area contributed by atoms with Gasteiger partial charge in [-0.25, -0.2) is 0 Å². The van der Waals surface area contributed by atoms with Gasteiger partial charge in [0.05, 0.1) is 5.36 Å². The third-order valence-corrected chi connectivity index (χ3v) is 6.14. The molecule has 0 amide bonds. The Balaban J connectivity index is 1.67. The first-order valence-corrected chi connectivity index (χ1v) is 11.3. The van der Waals surface area contributed by atoms with Crippen molar-refractivity contribution in [2.24, 2.45) is 4.99 Å². The van der Waals surface area contributed by atoms with Crippen LogP contribution in [0.15, 0.2) is 70.1 Å². The number of nitrogens with zero attached hydrogens (tertiary/aromatic N) is 2. The Hall–Kier alpha value is -3.11. The van der Waals surface area contributed by atoms with Gasteiger partial charge in [-0.3, -0.25) is 9.89 Å². The van der Waals surface area contributed by atoms with E-state index in [0.717, 1.165) is 40.7 Å². The number of hydrogen-bond donors (Lipinski definition) is 1. The van der Waals surface area contributed by atoms with Crippen LogP contribution in [0.25, 0.3) is 33.4 Å². The maximum absolute atomic E-state index is 6.28. The van der Waals surface area contributed by atoms with Crippen LogP contribution in [0.2, 0.25) is 0 Å². The highest BCUT2D eigenvalue weighted by Crippen LogP contribution is 2.40. The molecule has 0 saturated carbocycles. The second-order valence-corrected chi connectivity index (χ2v) is 8.42. The summed E-state index contributed by atoms with van der Waals surface area (Å²) >= 11 is 0. The molecular formula is C27H29N3O. The monoisotopic (exact) mass is 411 g/mol. The standard InChI is InChI=1S/C27H29N3O/c1-2-29-22-10-12-24-26(17-22)31-25-16-21(28)9-11-23(25)27(24)20-8-6-7-19(15-20)18-30-13-4-3-5-14-30/h6-12,15-17H,2-5,13-14,18,28H2,1H3. The minimum atomic E-state index is 0.704. The molecule has 2 aromatic carbocycles. The Bertz CT molecular complexity index is 1250. The first-order chi connectivity index (χ1) is 15.2. The van der Waals surface area contributed by atoms with Gasteiger partial charge in [-0.2, -0.15) is 0 Å². The fourth-order valence-corrected chi connectivity index (χ4v) is 4.69. The summed E-state index contributed by atoms with van der Waals surface area (Å²) in [5, 5.41) is 2.02. The van der Waals surface area contributed by atoms with Crippen LogP contribution in [0.3, 0.4) is 0 Å². The van der Waals surface area contributed by atoms with Gasteiger partial charge in [0.25, 0.3) is 0 Å². The number of hydrogen-bond acceptors (Lipinski definition) is 4. The molecule has 2 heterocycles. The summed E-state index contributed by atoms with van der Waals surface area (Å²) in [5.74, 6) is 0.837. The lowest BCUT2D eigenvalue weighted by Gasteiger charge is -2.26. The Morgan fingerprint density at radius 2 is 1.84 bits per heavy atom. The largest absolute Gasteiger partial charge is 0.456 e. The van der Waals surface area contributed by atoms with E-state index in [9.17, 15) is 0 Å². The summed E-state index contributed by atoms with van der Waals surface area (Å²) < 4.78 is 6.28. The summed E-state index contributed by atoms with van der Waals surface area (Å²) in [6.45, 7) is 6.19. The highest BCUT2D eigenvalue weighted by atomic mass is 16.3. The molecule has 0 spiro atoms. The smallest absolute Gasteiger partial charge is 0.137 e. The number of nitrogen functional groups attached to an aromatic ring is 1. The zero-order valence-electron chi connectivity index (χ0n) is 18.1. The molecule has 0 bridgehead atoms. The molecule has 3 aliphatic rings. The van der Waals surface area contributed by atoms with Gasteiger partial charge in [-0.15, -0.1) is 0 Å². The first-order valence-electron chi connectivity index (χ1n) is 11.3. The van der Waals surface area contributed by atoms with Gasteiger partial charge in [0.1, 0.15) is 11.3 Å². The first kappa shape index (κ1) is 19.8. The lowest BCUT2D eigenvalue weighted by molar-refractivity contribution is 0.221. The van der Waals surface area contributed by atoms with Gasteiger partial charge in [0, 0.05) is 47.4 Å². The fraction of sp³-hybridized carbons (Fsp3) is 0.296. The molecule has 1 saturated heterocycles. The van der Waals surface area contributed by atoms with E-state index >= 15 is 0 Å². The van der Waals surface area contributed by atoms with E-state index in [1.807, 2.05) is 25.1 Å². The fourth-order valence-electron chi connectivity index (χ4n) is 4.69. The van der Waals surface area contributed by atoms with Crippen LogP contribution in [0, 0.1) is 0 Å². The van der Waals surface area contributed by atoms with Crippen molar-refractivity contribution < 1.29 is 4.42 Å². The molecule has 2 aliphatic heterocycles. The van der Waals surface area contributed by atoms with E-state index in [-0.39, 0.29) is 0 Å². The number of likely N-dealkylation sites (tertiary alicyclic amines) is 1. The maximum atomic E-state index is 6.28. The van der Waals surface area contributed by atoms with E-state index < -0.39 is 0 Å². The minimum Gasteiger partial charge on any atom is -0.456 e. The van der Waals surface area contributed by atoms with Gasteiger partial charge >= 0.3 is 0 Å². The second kappa shape index (κ2) is 8.56. The van der Waals surface area contributed by atoms with Crippen molar-refractivity contribution in [2.75, 3.05) is 25.4 Å². The molecule has 31 heavy (non-hydrogen) atoms. The van der Waals surface area contributed by atoms with Crippen molar-refractivity contribution in [1.82, 2.24) is 4.90 Å². The number of benzene rings is 3. The van der Waals surface area contributed by atoms with E-state index in [4.69, 9.17) is 10.2 Å². The summed E-state index contributed by atoms with van der Waals surface area (Å²) in [6.07, 6.45) is 3.97. The molecule has 5 rings (SSSR count). The molecule has 0 atom stereocenters. The Labute approximate surface area is 183 Å². The van der Waals surface area contributed by atoms with Gasteiger partial charge < -0.3 is 10.2 Å². The third kappa shape index (κ3) is 4.08. The van der Waals surface area contributed by atoms with E-state index in [1.165, 1.54) is 49.0 Å². The number of anilines is 1. The van der Waals surface area contributed by atoms with Crippen LogP contribution < -0.4 is 11.1 Å². The average Bonchev–Trinajstić information content (AvgIpc) is 2.78. The molecule has 1 aliphatic carbocycles. The molecule has 0 aromatic heterocycles. The Kier molecular flexibility index (Phi) is 5.47. The van der Waals surface area contributed by atoms with E-state index in [2.05, 4.69) is 52.4 Å². The zero-order chi connectivity index (χ0) is 21.2. The van der Waals surface area contributed by atoms with Crippen molar-refractivity contribution >= 4 is 16.7 Å². The quantitative estimate of drug-likeness (QED) is 0.346. The normalized spacial score (nSPS) is 15.7. The van der Waals surface area contributed by atoms with Gasteiger partial charge in [-0.05, 0) is 74.3 Å². The van der Waals surface area contributed by atoms with Crippen LogP contribution in [0.5, 0.6) is 0 Å². The third-order valence-electron chi connectivity index (χ3n) is 6.14. The maximum Gasteiger partial charge on any atom is 0.137 e. The van der Waals surface area contributed by atoms with Crippen LogP contribution >= 0.6 is 0 Å². The minimum absolute atomic E-state index is 0.704. The predicted octanol–water partition coefficient (Wildman–Crippen LogP) is 5.69. The van der Waals surface area contributed by atoms with Crippen molar-refractivity contribution in [1.29, 1.82) is 0 Å². The summed E-state index contributed by atoms with van der Waals surface area (Å²) in [6, 6.07) is 21.1. The molecule has 4 nitrogen and oxygen atoms in total. The SMILES string of the molecule is CCN=c1ccc2c(-c3cccc(CN4CCCCC4)c3)c3ccc(N)cc3oc-2c1. The van der Waals surface area contributed by atoms with Crippen molar-refractivity contribution in [3.05, 3.63) is 71.6 Å². The zero-order valence-corrected chi connectivity index (χ0v) is 18.1. The van der Waals surface area contributed by atoms with E-state index in [1.54, 1.807) is 0 Å². The number of piperidine rings is 1. The number of fused-ring (bicyclic) bond motifs is 2. The molecule has 158 valence electrons. The van der Waals surface area contributed by atoms with Crippen LogP contribution in [0.1, 0.15) is 31.7 Å². The van der Waals surface area contributed by atoms with Gasteiger partial charge in [-0.1, -0.05) is 24.6 Å². The molecular weight excluding hydrogens is 382 g/mol. The summed E-state index contributed by atoms with van der Waals surface area (Å²) in [7, 11) is 0. The molecule has 0 unspecified atom stereocenters. The molecule has 0 radical (unpaired) electrons. The van der Waals surface area contributed by atoms with Crippen molar-refractivity contribution in [3.63, 3.8) is 0 Å². The van der Waals surface area contributed by atoms with E-state index in [0.29, 0.717) is 5.69 Å². The lowest BCUT2D eigenvalue weighted by atomic mass is 9.92. The molecule has 4 heteroatoms. The highest BCUT2D eigenvalue weighted by molar-refractivity contribution is 6.02. The van der Waals surface area contributed by atoms with Crippen molar-refractivity contribution in [2.45, 2.75) is 32.7 Å². The van der Waals surface area contributed by atoms with Crippen molar-refractivity contribution in [3.8, 4) is 22.5 Å². The lowest BCUT2D eigenvalue weighted by Crippen LogP contribution is -2.29. The van der Waals surface area contributed by atoms with Crippen LogP contribution in [0.4, 0.5) is 5.69 Å². The van der Waals surface area contributed by atoms with Crippen LogP contribution in [-0.4, -0.2) is 24.5 Å². The topological polar surface area (TPSA) is 54.8 Å². The second-order valence-electron chi connectivity index (χ2n) is 8.42. The summed E-state index contributed by atoms with van der Waals surface area (Å²) in [5.41, 5.74) is 12.4. The number of nitrogens with two attached hydrogens (primary N) is 1. The van der Waals surface area contributed by atoms with Gasteiger partial charge in [0.2, 0.25) is 0 Å². The summed E-state index contributed by atoms with van der Waals surface area (Å²) in [4.78, 5) is 7.11. The Morgan fingerprint density at radius 3 is 2.68 bits per heavy atom. The van der Waals surface area contributed by atoms with Crippen LogP contribution in [-0.2, 0) is 6.54 Å². The molecule has 2 aromatic rings. The highest BCUT2D eigenvalue weighted by Gasteiger charge is 2.18. The molecule has 2 N–H and O–H groups in total. The Morgan fingerprint density at radius 1 is 0.968 bits per heavy atom. The number of rotatable bonds is 4. The average molecular weight is 412 g/mol.